The smallest absolute Gasteiger partial charge is 0.481 e. The highest BCUT2D eigenvalue weighted by atomic mass is 35.5. The maximum atomic E-state index is 12.8. The minimum atomic E-state index is -4.85. The molecule has 0 heterocycles. The molecule has 0 spiro atoms. The van der Waals surface area contributed by atoms with E-state index in [1.165, 1.54) is 24.3 Å². The first-order chi connectivity index (χ1) is 16.5. The molecule has 184 valence electrons. The highest BCUT2D eigenvalue weighted by Crippen LogP contribution is 2.40. The number of carboxylic acid groups (broad SMARTS) is 1. The molecule has 0 fully saturated rings. The second-order valence-electron chi connectivity index (χ2n) is 7.71. The summed E-state index contributed by atoms with van der Waals surface area (Å²) in [5.41, 5.74) is 3.16. The number of nitrogens with one attached hydrogen (secondary N) is 2. The summed E-state index contributed by atoms with van der Waals surface area (Å²) in [4.78, 5) is 23.0. The molecule has 0 aliphatic rings. The third kappa shape index (κ3) is 7.65. The van der Waals surface area contributed by atoms with Gasteiger partial charge in [-0.05, 0) is 48.2 Å². The summed E-state index contributed by atoms with van der Waals surface area (Å²) in [5.74, 6) is -1.24. The van der Waals surface area contributed by atoms with E-state index < -0.39 is 18.4 Å². The van der Waals surface area contributed by atoms with E-state index >= 15 is 0 Å². The monoisotopic (exact) mass is 506 g/mol. The maximum Gasteiger partial charge on any atom is 0.573 e. The van der Waals surface area contributed by atoms with E-state index in [9.17, 15) is 22.8 Å². The van der Waals surface area contributed by atoms with Gasteiger partial charge in [-0.25, -0.2) is 4.79 Å². The van der Waals surface area contributed by atoms with Crippen LogP contribution >= 0.6 is 11.6 Å². The summed E-state index contributed by atoms with van der Waals surface area (Å²) in [6.07, 6.45) is -4.39. The Morgan fingerprint density at radius 1 is 1.03 bits per heavy atom. The zero-order chi connectivity index (χ0) is 25.6. The fourth-order valence-corrected chi connectivity index (χ4v) is 3.85. The number of ether oxygens (including phenoxy) is 1. The molecule has 35 heavy (non-hydrogen) atoms. The van der Waals surface area contributed by atoms with Crippen molar-refractivity contribution in [1.29, 1.82) is 0 Å². The molecular formula is C25H22ClF3N2O4. The molecule has 6 nitrogen and oxygen atoms in total. The van der Waals surface area contributed by atoms with Gasteiger partial charge in [0.1, 0.15) is 5.75 Å². The molecule has 3 aromatic rings. The first kappa shape index (κ1) is 25.9. The molecule has 0 bridgehead atoms. The first-order valence-corrected chi connectivity index (χ1v) is 10.9. The van der Waals surface area contributed by atoms with Gasteiger partial charge in [-0.15, -0.1) is 13.2 Å². The molecule has 3 rings (SSSR count). The van der Waals surface area contributed by atoms with Gasteiger partial charge in [0.2, 0.25) is 0 Å². The molecule has 3 N–H and O–H groups in total. The topological polar surface area (TPSA) is 87.7 Å². The highest BCUT2D eigenvalue weighted by molar-refractivity contribution is 6.34. The van der Waals surface area contributed by atoms with E-state index in [1.54, 1.807) is 43.3 Å². The number of anilines is 1. The number of carbonyl (C=O) groups excluding carboxylic acids is 1. The van der Waals surface area contributed by atoms with Crippen molar-refractivity contribution in [3.63, 3.8) is 0 Å². The lowest BCUT2D eigenvalue weighted by molar-refractivity contribution is -0.274. The number of alkyl halides is 3. The van der Waals surface area contributed by atoms with E-state index in [2.05, 4.69) is 15.4 Å². The Hall–Kier alpha value is -3.72. The van der Waals surface area contributed by atoms with Crippen LogP contribution in [0.15, 0.2) is 60.7 Å². The van der Waals surface area contributed by atoms with Crippen molar-refractivity contribution in [3.8, 4) is 16.9 Å². The number of para-hydroxylation sites is 1. The molecule has 0 aliphatic heterocycles. The summed E-state index contributed by atoms with van der Waals surface area (Å²) < 4.78 is 42.5. The number of urea groups is 1. The van der Waals surface area contributed by atoms with Gasteiger partial charge in [-0.3, -0.25) is 4.79 Å². The average Bonchev–Trinajstić information content (AvgIpc) is 2.76. The zero-order valence-corrected chi connectivity index (χ0v) is 19.3. The summed E-state index contributed by atoms with van der Waals surface area (Å²) in [6.45, 7) is 1.90. The normalized spacial score (nSPS) is 11.1. The zero-order valence-electron chi connectivity index (χ0n) is 18.6. The van der Waals surface area contributed by atoms with Crippen LogP contribution in [0.3, 0.4) is 0 Å². The fraction of sp³-hybridized carbons (Fsp3) is 0.200. The number of halogens is 4. The van der Waals surface area contributed by atoms with Gasteiger partial charge in [-0.1, -0.05) is 54.1 Å². The predicted molar refractivity (Wildman–Crippen MR) is 127 cm³/mol. The molecule has 0 saturated heterocycles. The summed E-state index contributed by atoms with van der Waals surface area (Å²) in [5, 5.41) is 14.3. The van der Waals surface area contributed by atoms with Crippen LogP contribution < -0.4 is 15.4 Å². The first-order valence-electron chi connectivity index (χ1n) is 10.5. The fourth-order valence-electron chi connectivity index (χ4n) is 3.48. The lowest BCUT2D eigenvalue weighted by Crippen LogP contribution is -2.28. The van der Waals surface area contributed by atoms with E-state index in [0.717, 1.165) is 11.1 Å². The molecule has 0 aliphatic carbocycles. The van der Waals surface area contributed by atoms with Crippen molar-refractivity contribution in [1.82, 2.24) is 5.32 Å². The Morgan fingerprint density at radius 3 is 2.31 bits per heavy atom. The number of amides is 2. The summed E-state index contributed by atoms with van der Waals surface area (Å²) in [6, 6.07) is 15.4. The van der Waals surface area contributed by atoms with Crippen LogP contribution in [0.4, 0.5) is 23.7 Å². The minimum absolute atomic E-state index is 0.0434. The van der Waals surface area contributed by atoms with Crippen LogP contribution in [0.2, 0.25) is 5.02 Å². The van der Waals surface area contributed by atoms with Crippen molar-refractivity contribution in [2.45, 2.75) is 32.7 Å². The standard InChI is InChI=1S/C25H22ClF3N2O4/c1-15-12-18(13-20(26)23(15)19-4-2-3-5-21(19)35-25(27,28)29)31-24(34)30-14-17-8-6-16(7-9-17)10-11-22(32)33/h2-9,12-13H,10-11,14H2,1H3,(H,32,33)(H2,30,31,34). The van der Waals surface area contributed by atoms with Crippen LogP contribution in [-0.2, 0) is 17.8 Å². The number of carbonyl (C=O) groups is 2. The number of benzene rings is 3. The number of hydrogen-bond acceptors (Lipinski definition) is 3. The van der Waals surface area contributed by atoms with Crippen molar-refractivity contribution in [2.24, 2.45) is 0 Å². The molecule has 0 saturated carbocycles. The van der Waals surface area contributed by atoms with Crippen LogP contribution in [0.5, 0.6) is 5.75 Å². The van der Waals surface area contributed by atoms with E-state index in [0.29, 0.717) is 23.2 Å². The van der Waals surface area contributed by atoms with Gasteiger partial charge in [0.15, 0.2) is 0 Å². The van der Waals surface area contributed by atoms with Gasteiger partial charge in [0.25, 0.3) is 0 Å². The highest BCUT2D eigenvalue weighted by Gasteiger charge is 2.32. The summed E-state index contributed by atoms with van der Waals surface area (Å²) >= 11 is 6.38. The minimum Gasteiger partial charge on any atom is -0.481 e. The van der Waals surface area contributed by atoms with E-state index in [1.807, 2.05) is 0 Å². The average molecular weight is 507 g/mol. The quantitative estimate of drug-likeness (QED) is 0.323. The second kappa shape index (κ2) is 11.1. The number of rotatable bonds is 8. The largest absolute Gasteiger partial charge is 0.573 e. The van der Waals surface area contributed by atoms with E-state index in [4.69, 9.17) is 16.7 Å². The Kier molecular flexibility index (Phi) is 8.24. The molecule has 0 aromatic heterocycles. The van der Waals surface area contributed by atoms with Crippen LogP contribution in [0.25, 0.3) is 11.1 Å². The molecule has 0 atom stereocenters. The van der Waals surface area contributed by atoms with Crippen LogP contribution in [-0.4, -0.2) is 23.5 Å². The SMILES string of the molecule is Cc1cc(NC(=O)NCc2ccc(CCC(=O)O)cc2)cc(Cl)c1-c1ccccc1OC(F)(F)F. The van der Waals surface area contributed by atoms with Crippen LogP contribution in [0, 0.1) is 6.92 Å². The lowest BCUT2D eigenvalue weighted by atomic mass is 9.99. The Labute approximate surface area is 204 Å². The molecule has 0 radical (unpaired) electrons. The molecule has 0 unspecified atom stereocenters. The Morgan fingerprint density at radius 2 is 1.69 bits per heavy atom. The van der Waals surface area contributed by atoms with Crippen molar-refractivity contribution in [3.05, 3.63) is 82.4 Å². The molecule has 3 aromatic carbocycles. The summed E-state index contributed by atoms with van der Waals surface area (Å²) in [7, 11) is 0. The number of carboxylic acids is 1. The van der Waals surface area contributed by atoms with Gasteiger partial charge in [-0.2, -0.15) is 0 Å². The lowest BCUT2D eigenvalue weighted by Gasteiger charge is -2.17. The van der Waals surface area contributed by atoms with Gasteiger partial charge in [0, 0.05) is 29.8 Å². The van der Waals surface area contributed by atoms with Crippen molar-refractivity contribution < 1.29 is 32.6 Å². The van der Waals surface area contributed by atoms with Crippen LogP contribution in [0.1, 0.15) is 23.1 Å². The van der Waals surface area contributed by atoms with Crippen molar-refractivity contribution >= 4 is 29.3 Å². The Bertz CT molecular complexity index is 1190. The van der Waals surface area contributed by atoms with E-state index in [-0.39, 0.29) is 29.3 Å². The maximum absolute atomic E-state index is 12.8. The third-order valence-electron chi connectivity index (χ3n) is 5.03. The number of hydrogen-bond donors (Lipinski definition) is 3. The number of aryl methyl sites for hydroxylation is 2. The van der Waals surface area contributed by atoms with Gasteiger partial charge >= 0.3 is 18.4 Å². The van der Waals surface area contributed by atoms with Gasteiger partial charge in [0.05, 0.1) is 5.02 Å². The predicted octanol–water partition coefficient (Wildman–Crippen LogP) is 6.55. The second-order valence-corrected chi connectivity index (χ2v) is 8.12. The third-order valence-corrected chi connectivity index (χ3v) is 5.33. The Balaban J connectivity index is 1.66. The molecule has 2 amide bonds. The molecule has 10 heteroatoms. The van der Waals surface area contributed by atoms with Gasteiger partial charge < -0.3 is 20.5 Å². The number of aliphatic carboxylic acids is 1. The molecular weight excluding hydrogens is 485 g/mol. The van der Waals surface area contributed by atoms with Crippen molar-refractivity contribution in [2.75, 3.05) is 5.32 Å².